The Balaban J connectivity index is 2.09. The van der Waals surface area contributed by atoms with Crippen LogP contribution in [0.25, 0.3) is 5.69 Å². The third kappa shape index (κ3) is 1.84. The van der Waals surface area contributed by atoms with Crippen molar-refractivity contribution in [3.05, 3.63) is 52.6 Å². The summed E-state index contributed by atoms with van der Waals surface area (Å²) in [5.41, 5.74) is 2.76. The van der Waals surface area contributed by atoms with Crippen molar-refractivity contribution in [2.45, 2.75) is 25.4 Å². The van der Waals surface area contributed by atoms with E-state index in [0.717, 1.165) is 36.2 Å². The average molecular weight is 266 g/mol. The van der Waals surface area contributed by atoms with E-state index in [2.05, 4.69) is 0 Å². The van der Waals surface area contributed by atoms with Crippen LogP contribution in [0.1, 0.15) is 30.2 Å². The second-order valence-electron chi connectivity index (χ2n) is 4.59. The molecule has 1 heterocycles. The molecule has 1 aliphatic rings. The smallest absolute Gasteiger partial charge is 0.143 e. The van der Waals surface area contributed by atoms with Gasteiger partial charge in [0.15, 0.2) is 0 Å². The van der Waals surface area contributed by atoms with Crippen molar-refractivity contribution in [2.75, 3.05) is 0 Å². The van der Waals surface area contributed by atoms with E-state index in [1.165, 1.54) is 6.07 Å². The Kier molecular flexibility index (Phi) is 2.88. The van der Waals surface area contributed by atoms with Gasteiger partial charge in [-0.05, 0) is 43.5 Å². The molecule has 1 aromatic carbocycles. The molecule has 0 spiro atoms. The third-order valence-electron chi connectivity index (χ3n) is 3.46. The Morgan fingerprint density at radius 2 is 2.17 bits per heavy atom. The summed E-state index contributed by atoms with van der Waals surface area (Å²) in [6, 6.07) is 6.67. The number of hydrogen-bond donors (Lipinski definition) is 1. The van der Waals surface area contributed by atoms with Gasteiger partial charge in [-0.1, -0.05) is 11.6 Å². The molecular formula is C14H13ClFNO. The van der Waals surface area contributed by atoms with E-state index >= 15 is 0 Å². The largest absolute Gasteiger partial charge is 0.388 e. The lowest BCUT2D eigenvalue weighted by Crippen LogP contribution is -2.11. The van der Waals surface area contributed by atoms with E-state index in [0.29, 0.717) is 0 Å². The van der Waals surface area contributed by atoms with Crippen LogP contribution in [0.2, 0.25) is 5.02 Å². The SMILES string of the molecule is OC1CCCc2c1ccn2-c1ccc(Cl)c(F)c1. The van der Waals surface area contributed by atoms with Crippen LogP contribution in [-0.4, -0.2) is 9.67 Å². The molecule has 1 unspecified atom stereocenters. The number of aliphatic hydroxyl groups is 1. The molecule has 0 bridgehead atoms. The van der Waals surface area contributed by atoms with Crippen LogP contribution in [0.4, 0.5) is 4.39 Å². The molecule has 0 saturated carbocycles. The number of halogens is 2. The van der Waals surface area contributed by atoms with Gasteiger partial charge in [0.1, 0.15) is 5.82 Å². The van der Waals surface area contributed by atoms with E-state index < -0.39 is 11.9 Å². The van der Waals surface area contributed by atoms with Crippen molar-refractivity contribution in [3.63, 3.8) is 0 Å². The normalized spacial score (nSPS) is 18.7. The number of fused-ring (bicyclic) bond motifs is 1. The second-order valence-corrected chi connectivity index (χ2v) is 5.00. The van der Waals surface area contributed by atoms with Crippen LogP contribution in [-0.2, 0) is 6.42 Å². The summed E-state index contributed by atoms with van der Waals surface area (Å²) < 4.78 is 15.4. The molecule has 18 heavy (non-hydrogen) atoms. The van der Waals surface area contributed by atoms with Crippen molar-refractivity contribution >= 4 is 11.6 Å². The molecule has 1 aromatic heterocycles. The standard InChI is InChI=1S/C14H13ClFNO/c15-11-5-4-9(8-12(11)16)17-7-6-10-13(17)2-1-3-14(10)18/h4-8,14,18H,1-3H2. The average Bonchev–Trinajstić information content (AvgIpc) is 2.78. The Morgan fingerprint density at radius 3 is 2.94 bits per heavy atom. The van der Waals surface area contributed by atoms with Crippen LogP contribution < -0.4 is 0 Å². The summed E-state index contributed by atoms with van der Waals surface area (Å²) >= 11 is 5.68. The van der Waals surface area contributed by atoms with E-state index in [1.54, 1.807) is 12.1 Å². The zero-order valence-corrected chi connectivity index (χ0v) is 10.5. The molecule has 0 aliphatic heterocycles. The molecule has 2 nitrogen and oxygen atoms in total. The first-order chi connectivity index (χ1) is 8.66. The summed E-state index contributed by atoms with van der Waals surface area (Å²) in [4.78, 5) is 0. The first-order valence-corrected chi connectivity index (χ1v) is 6.38. The minimum atomic E-state index is -0.423. The number of aromatic nitrogens is 1. The van der Waals surface area contributed by atoms with Gasteiger partial charge < -0.3 is 9.67 Å². The lowest BCUT2D eigenvalue weighted by atomic mass is 9.95. The summed E-state index contributed by atoms with van der Waals surface area (Å²) in [6.07, 6.45) is 4.14. The van der Waals surface area contributed by atoms with E-state index in [1.807, 2.05) is 16.8 Å². The van der Waals surface area contributed by atoms with Gasteiger partial charge in [0.25, 0.3) is 0 Å². The second kappa shape index (κ2) is 4.41. The highest BCUT2D eigenvalue weighted by molar-refractivity contribution is 6.30. The fourth-order valence-electron chi connectivity index (χ4n) is 2.54. The van der Waals surface area contributed by atoms with Crippen LogP contribution in [0.15, 0.2) is 30.5 Å². The van der Waals surface area contributed by atoms with Gasteiger partial charge in [-0.2, -0.15) is 0 Å². The summed E-state index contributed by atoms with van der Waals surface area (Å²) in [6.45, 7) is 0. The van der Waals surface area contributed by atoms with Crippen LogP contribution in [0.3, 0.4) is 0 Å². The Bertz CT molecular complexity index is 593. The molecule has 1 atom stereocenters. The summed E-state index contributed by atoms with van der Waals surface area (Å²) in [7, 11) is 0. The lowest BCUT2D eigenvalue weighted by Gasteiger charge is -2.20. The molecule has 0 saturated heterocycles. The highest BCUT2D eigenvalue weighted by atomic mass is 35.5. The van der Waals surface area contributed by atoms with Crippen molar-refractivity contribution in [3.8, 4) is 5.69 Å². The van der Waals surface area contributed by atoms with Gasteiger partial charge in [-0.15, -0.1) is 0 Å². The number of hydrogen-bond acceptors (Lipinski definition) is 1. The third-order valence-corrected chi connectivity index (χ3v) is 3.77. The van der Waals surface area contributed by atoms with Crippen molar-refractivity contribution < 1.29 is 9.50 Å². The topological polar surface area (TPSA) is 25.2 Å². The maximum Gasteiger partial charge on any atom is 0.143 e. The summed E-state index contributed by atoms with van der Waals surface area (Å²) in [5, 5.41) is 10.0. The first-order valence-electron chi connectivity index (χ1n) is 6.00. The number of rotatable bonds is 1. The van der Waals surface area contributed by atoms with Crippen LogP contribution >= 0.6 is 11.6 Å². The van der Waals surface area contributed by atoms with E-state index in [4.69, 9.17) is 11.6 Å². The predicted molar refractivity (Wildman–Crippen MR) is 68.6 cm³/mol. The number of benzene rings is 1. The minimum Gasteiger partial charge on any atom is -0.388 e. The molecule has 0 amide bonds. The van der Waals surface area contributed by atoms with Gasteiger partial charge in [-0.25, -0.2) is 4.39 Å². The maximum atomic E-state index is 13.5. The fraction of sp³-hybridized carbons (Fsp3) is 0.286. The van der Waals surface area contributed by atoms with Gasteiger partial charge >= 0.3 is 0 Å². The zero-order chi connectivity index (χ0) is 12.7. The molecular weight excluding hydrogens is 253 g/mol. The van der Waals surface area contributed by atoms with Crippen LogP contribution in [0.5, 0.6) is 0 Å². The maximum absolute atomic E-state index is 13.5. The quantitative estimate of drug-likeness (QED) is 0.837. The molecule has 1 N–H and O–H groups in total. The number of nitrogens with zero attached hydrogens (tertiary/aromatic N) is 1. The van der Waals surface area contributed by atoms with Crippen LogP contribution in [0, 0.1) is 5.82 Å². The molecule has 94 valence electrons. The van der Waals surface area contributed by atoms with Gasteiger partial charge in [-0.3, -0.25) is 0 Å². The fourth-order valence-corrected chi connectivity index (χ4v) is 2.66. The molecule has 1 aliphatic carbocycles. The first kappa shape index (κ1) is 11.8. The Hall–Kier alpha value is -1.32. The minimum absolute atomic E-state index is 0.125. The Labute approximate surface area is 110 Å². The van der Waals surface area contributed by atoms with Crippen molar-refractivity contribution in [1.82, 2.24) is 4.57 Å². The monoisotopic (exact) mass is 265 g/mol. The molecule has 0 fully saturated rings. The molecule has 0 radical (unpaired) electrons. The zero-order valence-electron chi connectivity index (χ0n) is 9.74. The number of aliphatic hydroxyl groups excluding tert-OH is 1. The van der Waals surface area contributed by atoms with Gasteiger partial charge in [0.05, 0.1) is 11.1 Å². The van der Waals surface area contributed by atoms with Crippen molar-refractivity contribution in [2.24, 2.45) is 0 Å². The Morgan fingerprint density at radius 1 is 1.33 bits per heavy atom. The van der Waals surface area contributed by atoms with E-state index in [-0.39, 0.29) is 5.02 Å². The summed E-state index contributed by atoms with van der Waals surface area (Å²) in [5.74, 6) is -0.423. The lowest BCUT2D eigenvalue weighted by molar-refractivity contribution is 0.156. The highest BCUT2D eigenvalue weighted by Crippen LogP contribution is 2.32. The van der Waals surface area contributed by atoms with Crippen molar-refractivity contribution in [1.29, 1.82) is 0 Å². The molecule has 3 rings (SSSR count). The molecule has 4 heteroatoms. The van der Waals surface area contributed by atoms with E-state index in [9.17, 15) is 9.50 Å². The van der Waals surface area contributed by atoms with Gasteiger partial charge in [0.2, 0.25) is 0 Å². The van der Waals surface area contributed by atoms with Gasteiger partial charge in [0, 0.05) is 23.1 Å². The predicted octanol–water partition coefficient (Wildman–Crippen LogP) is 3.64. The highest BCUT2D eigenvalue weighted by Gasteiger charge is 2.21. The molecule has 2 aromatic rings.